The second-order valence-corrected chi connectivity index (χ2v) is 4.61. The number of hydrogen-bond acceptors (Lipinski definition) is 2. The van der Waals surface area contributed by atoms with E-state index in [1.54, 1.807) is 12.1 Å². The fourth-order valence-corrected chi connectivity index (χ4v) is 1.79. The molecule has 21 heavy (non-hydrogen) atoms. The summed E-state index contributed by atoms with van der Waals surface area (Å²) in [4.78, 5) is 11.7. The van der Waals surface area contributed by atoms with Crippen molar-refractivity contribution in [2.75, 3.05) is 11.9 Å². The molecule has 110 valence electrons. The van der Waals surface area contributed by atoms with Gasteiger partial charge in [-0.2, -0.15) is 0 Å². The molecule has 0 heterocycles. The first-order chi connectivity index (χ1) is 10.1. The molecule has 0 aliphatic rings. The van der Waals surface area contributed by atoms with Crippen LogP contribution in [-0.4, -0.2) is 12.5 Å². The molecule has 2 aromatic rings. The van der Waals surface area contributed by atoms with Gasteiger partial charge in [0.2, 0.25) is 5.91 Å². The molecule has 0 radical (unpaired) electrons. The summed E-state index contributed by atoms with van der Waals surface area (Å²) >= 11 is 0. The number of rotatable bonds is 6. The Morgan fingerprint density at radius 1 is 0.905 bits per heavy atom. The van der Waals surface area contributed by atoms with E-state index in [0.717, 1.165) is 5.56 Å². The van der Waals surface area contributed by atoms with Crippen LogP contribution in [0.5, 0.6) is 0 Å². The highest BCUT2D eigenvalue weighted by atomic mass is 19.1. The third-order valence-corrected chi connectivity index (χ3v) is 2.90. The van der Waals surface area contributed by atoms with Gasteiger partial charge in [-0.25, -0.2) is 8.78 Å². The van der Waals surface area contributed by atoms with Gasteiger partial charge >= 0.3 is 0 Å². The molecular formula is C16H16F2N2O. The molecule has 0 atom stereocenters. The van der Waals surface area contributed by atoms with Crippen molar-refractivity contribution in [3.05, 3.63) is 65.7 Å². The quantitative estimate of drug-likeness (QED) is 0.803. The van der Waals surface area contributed by atoms with E-state index >= 15 is 0 Å². The van der Waals surface area contributed by atoms with Crippen LogP contribution in [0.4, 0.5) is 14.5 Å². The van der Waals surface area contributed by atoms with Gasteiger partial charge in [-0.15, -0.1) is 0 Å². The lowest BCUT2D eigenvalue weighted by atomic mass is 10.2. The summed E-state index contributed by atoms with van der Waals surface area (Å²) in [7, 11) is 0. The fraction of sp³-hybridized carbons (Fsp3) is 0.188. The van der Waals surface area contributed by atoms with Crippen molar-refractivity contribution in [1.82, 2.24) is 5.32 Å². The molecule has 0 bridgehead atoms. The van der Waals surface area contributed by atoms with Crippen molar-refractivity contribution in [3.8, 4) is 0 Å². The van der Waals surface area contributed by atoms with Crippen LogP contribution < -0.4 is 10.6 Å². The number of nitrogens with one attached hydrogen (secondary N) is 2. The summed E-state index contributed by atoms with van der Waals surface area (Å²) in [5.41, 5.74) is 1.52. The molecule has 5 heteroatoms. The molecule has 0 fully saturated rings. The minimum absolute atomic E-state index is 0.145. The third-order valence-electron chi connectivity index (χ3n) is 2.90. The first kappa shape index (κ1) is 15.1. The smallest absolute Gasteiger partial charge is 0.225 e. The molecule has 0 unspecified atom stereocenters. The Morgan fingerprint density at radius 3 is 2.10 bits per heavy atom. The van der Waals surface area contributed by atoms with Crippen LogP contribution in [0.1, 0.15) is 12.0 Å². The number of carbonyl (C=O) groups excluding carboxylic acids is 1. The molecule has 2 N–H and O–H groups in total. The normalized spacial score (nSPS) is 10.4. The Labute approximate surface area is 122 Å². The highest BCUT2D eigenvalue weighted by Crippen LogP contribution is 2.08. The predicted molar refractivity (Wildman–Crippen MR) is 77.8 cm³/mol. The lowest BCUT2D eigenvalue weighted by molar-refractivity contribution is -0.116. The monoisotopic (exact) mass is 290 g/mol. The highest BCUT2D eigenvalue weighted by molar-refractivity contribution is 5.90. The second-order valence-electron chi connectivity index (χ2n) is 4.61. The molecule has 0 aliphatic carbocycles. The van der Waals surface area contributed by atoms with Gasteiger partial charge in [-0.05, 0) is 42.0 Å². The van der Waals surface area contributed by atoms with Crippen LogP contribution in [0, 0.1) is 11.6 Å². The van der Waals surface area contributed by atoms with E-state index in [1.807, 2.05) is 0 Å². The van der Waals surface area contributed by atoms with Crippen LogP contribution in [-0.2, 0) is 11.3 Å². The first-order valence-electron chi connectivity index (χ1n) is 6.64. The number of halogens is 2. The SMILES string of the molecule is O=C(CCNCc1ccc(F)cc1)Nc1ccc(F)cc1. The maximum Gasteiger partial charge on any atom is 0.225 e. The Bertz CT molecular complexity index is 582. The Morgan fingerprint density at radius 2 is 1.48 bits per heavy atom. The molecule has 0 spiro atoms. The number of anilines is 1. The van der Waals surface area contributed by atoms with Crippen molar-refractivity contribution in [2.24, 2.45) is 0 Å². The van der Waals surface area contributed by atoms with E-state index < -0.39 is 0 Å². The first-order valence-corrected chi connectivity index (χ1v) is 6.64. The van der Waals surface area contributed by atoms with Crippen LogP contribution >= 0.6 is 0 Å². The Kier molecular flexibility index (Phi) is 5.40. The van der Waals surface area contributed by atoms with E-state index in [2.05, 4.69) is 10.6 Å². The average Bonchev–Trinajstić information content (AvgIpc) is 2.48. The molecule has 1 amide bonds. The van der Waals surface area contributed by atoms with E-state index in [-0.39, 0.29) is 17.5 Å². The van der Waals surface area contributed by atoms with Crippen molar-refractivity contribution < 1.29 is 13.6 Å². The number of amides is 1. The largest absolute Gasteiger partial charge is 0.326 e. The topological polar surface area (TPSA) is 41.1 Å². The number of hydrogen-bond donors (Lipinski definition) is 2. The Balaban J connectivity index is 1.67. The van der Waals surface area contributed by atoms with Crippen LogP contribution in [0.3, 0.4) is 0 Å². The summed E-state index contributed by atoms with van der Waals surface area (Å²) in [6.07, 6.45) is 0.304. The van der Waals surface area contributed by atoms with Gasteiger partial charge < -0.3 is 10.6 Å². The molecule has 2 aromatic carbocycles. The zero-order valence-electron chi connectivity index (χ0n) is 11.4. The molecule has 2 rings (SSSR count). The predicted octanol–water partition coefficient (Wildman–Crippen LogP) is 3.08. The van der Waals surface area contributed by atoms with Crippen molar-refractivity contribution >= 4 is 11.6 Å². The fourth-order valence-electron chi connectivity index (χ4n) is 1.79. The maximum atomic E-state index is 12.7. The standard InChI is InChI=1S/C16H16F2N2O/c17-13-3-1-12(2-4-13)11-19-10-9-16(21)20-15-7-5-14(18)6-8-15/h1-8,19H,9-11H2,(H,20,21). The van der Waals surface area contributed by atoms with Gasteiger partial charge in [0.25, 0.3) is 0 Å². The van der Waals surface area contributed by atoms with Gasteiger partial charge in [0, 0.05) is 25.2 Å². The van der Waals surface area contributed by atoms with E-state index in [0.29, 0.717) is 25.2 Å². The molecule has 3 nitrogen and oxygen atoms in total. The molecule has 0 aromatic heterocycles. The van der Waals surface area contributed by atoms with E-state index in [1.165, 1.54) is 36.4 Å². The lowest BCUT2D eigenvalue weighted by Crippen LogP contribution is -2.21. The van der Waals surface area contributed by atoms with Gasteiger partial charge in [0.1, 0.15) is 11.6 Å². The van der Waals surface area contributed by atoms with Gasteiger partial charge in [-0.1, -0.05) is 12.1 Å². The minimum atomic E-state index is -0.339. The van der Waals surface area contributed by atoms with Crippen molar-refractivity contribution in [3.63, 3.8) is 0 Å². The zero-order chi connectivity index (χ0) is 15.1. The van der Waals surface area contributed by atoms with Crippen molar-refractivity contribution in [1.29, 1.82) is 0 Å². The summed E-state index contributed by atoms with van der Waals surface area (Å²) in [5.74, 6) is -0.750. The second kappa shape index (κ2) is 7.50. The van der Waals surface area contributed by atoms with Crippen molar-refractivity contribution in [2.45, 2.75) is 13.0 Å². The average molecular weight is 290 g/mol. The summed E-state index contributed by atoms with van der Waals surface area (Å²) in [6.45, 7) is 1.08. The van der Waals surface area contributed by atoms with Crippen LogP contribution in [0.2, 0.25) is 0 Å². The minimum Gasteiger partial charge on any atom is -0.326 e. The number of benzene rings is 2. The molecule has 0 saturated heterocycles. The van der Waals surface area contributed by atoms with Crippen LogP contribution in [0.15, 0.2) is 48.5 Å². The lowest BCUT2D eigenvalue weighted by Gasteiger charge is -2.06. The molecular weight excluding hydrogens is 274 g/mol. The molecule has 0 aliphatic heterocycles. The zero-order valence-corrected chi connectivity index (χ0v) is 11.4. The van der Waals surface area contributed by atoms with Gasteiger partial charge in [0.15, 0.2) is 0 Å². The van der Waals surface area contributed by atoms with E-state index in [4.69, 9.17) is 0 Å². The maximum absolute atomic E-state index is 12.7. The summed E-state index contributed by atoms with van der Waals surface area (Å²) in [5, 5.41) is 5.78. The third kappa shape index (κ3) is 5.31. The van der Waals surface area contributed by atoms with Gasteiger partial charge in [0.05, 0.1) is 0 Å². The van der Waals surface area contributed by atoms with Gasteiger partial charge in [-0.3, -0.25) is 4.79 Å². The Hall–Kier alpha value is -2.27. The summed E-state index contributed by atoms with van der Waals surface area (Å²) in [6, 6.07) is 11.8. The van der Waals surface area contributed by atoms with Crippen LogP contribution in [0.25, 0.3) is 0 Å². The molecule has 0 saturated carbocycles. The highest BCUT2D eigenvalue weighted by Gasteiger charge is 2.02. The summed E-state index contributed by atoms with van der Waals surface area (Å²) < 4.78 is 25.4. The van der Waals surface area contributed by atoms with E-state index in [9.17, 15) is 13.6 Å². The number of carbonyl (C=O) groups is 1.